The van der Waals surface area contributed by atoms with Crippen LogP contribution in [0.3, 0.4) is 0 Å². The minimum Gasteiger partial charge on any atom is -0.314 e. The predicted molar refractivity (Wildman–Crippen MR) is 83.4 cm³/mol. The number of halogens is 1. The first-order chi connectivity index (χ1) is 8.63. The highest BCUT2D eigenvalue weighted by atomic mass is 79.9. The molecule has 1 aromatic rings. The zero-order valence-corrected chi connectivity index (χ0v) is 13.9. The fourth-order valence-corrected chi connectivity index (χ4v) is 4.47. The molecular formula is C14H23BrN2S. The van der Waals surface area contributed by atoms with Crippen molar-refractivity contribution in [2.75, 3.05) is 26.2 Å². The Labute approximate surface area is 123 Å². The first-order valence-electron chi connectivity index (χ1n) is 6.84. The van der Waals surface area contributed by atoms with Crippen molar-refractivity contribution in [2.24, 2.45) is 5.92 Å². The van der Waals surface area contributed by atoms with Crippen LogP contribution in [0.4, 0.5) is 0 Å². The third-order valence-corrected chi connectivity index (χ3v) is 6.10. The summed E-state index contributed by atoms with van der Waals surface area (Å²) in [6, 6.07) is 2.96. The number of thiophene rings is 1. The SMILES string of the molecule is CCC(C)[C@@H](c1cc(C)c(Br)s1)N1CCNCC1. The van der Waals surface area contributed by atoms with Gasteiger partial charge in [-0.05, 0) is 40.4 Å². The fraction of sp³-hybridized carbons (Fsp3) is 0.714. The number of rotatable bonds is 4. The molecule has 0 aliphatic carbocycles. The summed E-state index contributed by atoms with van der Waals surface area (Å²) < 4.78 is 1.29. The molecule has 2 heterocycles. The maximum absolute atomic E-state index is 3.67. The van der Waals surface area contributed by atoms with Crippen LogP contribution in [-0.2, 0) is 0 Å². The van der Waals surface area contributed by atoms with Crippen molar-refractivity contribution >= 4 is 27.3 Å². The second-order valence-corrected chi connectivity index (χ2v) is 7.62. The molecule has 0 saturated carbocycles. The fourth-order valence-electron chi connectivity index (χ4n) is 2.63. The molecule has 2 atom stereocenters. The van der Waals surface area contributed by atoms with Crippen molar-refractivity contribution in [2.45, 2.75) is 33.2 Å². The molecule has 1 saturated heterocycles. The van der Waals surface area contributed by atoms with E-state index in [1.54, 1.807) is 0 Å². The van der Waals surface area contributed by atoms with Gasteiger partial charge in [-0.3, -0.25) is 4.90 Å². The quantitative estimate of drug-likeness (QED) is 0.902. The summed E-state index contributed by atoms with van der Waals surface area (Å²) in [6.07, 6.45) is 1.24. The lowest BCUT2D eigenvalue weighted by Crippen LogP contribution is -2.46. The van der Waals surface area contributed by atoms with Crippen molar-refractivity contribution in [3.8, 4) is 0 Å². The lowest BCUT2D eigenvalue weighted by molar-refractivity contribution is 0.131. The average Bonchev–Trinajstić information content (AvgIpc) is 2.70. The molecule has 0 aromatic carbocycles. The summed E-state index contributed by atoms with van der Waals surface area (Å²) in [5.41, 5.74) is 1.37. The molecule has 0 amide bonds. The van der Waals surface area contributed by atoms with Gasteiger partial charge in [0, 0.05) is 37.1 Å². The van der Waals surface area contributed by atoms with E-state index in [1.807, 2.05) is 11.3 Å². The van der Waals surface area contributed by atoms with Crippen molar-refractivity contribution in [1.82, 2.24) is 10.2 Å². The highest BCUT2D eigenvalue weighted by Gasteiger charge is 2.28. The van der Waals surface area contributed by atoms with Gasteiger partial charge >= 0.3 is 0 Å². The molecule has 1 aliphatic rings. The normalized spacial score (nSPS) is 20.9. The summed E-state index contributed by atoms with van der Waals surface area (Å²) >= 11 is 5.58. The van der Waals surface area contributed by atoms with Crippen molar-refractivity contribution in [3.05, 3.63) is 20.3 Å². The number of piperazine rings is 1. The topological polar surface area (TPSA) is 15.3 Å². The molecule has 1 N–H and O–H groups in total. The van der Waals surface area contributed by atoms with Gasteiger partial charge < -0.3 is 5.32 Å². The van der Waals surface area contributed by atoms with Crippen molar-refractivity contribution in [3.63, 3.8) is 0 Å². The maximum Gasteiger partial charge on any atom is 0.0731 e. The number of aryl methyl sites for hydroxylation is 1. The Morgan fingerprint density at radius 1 is 1.44 bits per heavy atom. The number of hydrogen-bond donors (Lipinski definition) is 1. The second-order valence-electron chi connectivity index (χ2n) is 5.22. The summed E-state index contributed by atoms with van der Waals surface area (Å²) in [6.45, 7) is 11.5. The van der Waals surface area contributed by atoms with Crippen LogP contribution in [0.2, 0.25) is 0 Å². The van der Waals surface area contributed by atoms with Gasteiger partial charge in [-0.15, -0.1) is 11.3 Å². The molecule has 1 aromatic heterocycles. The Bertz CT molecular complexity index is 366. The van der Waals surface area contributed by atoms with E-state index >= 15 is 0 Å². The van der Waals surface area contributed by atoms with Gasteiger partial charge in [0.05, 0.1) is 3.79 Å². The molecule has 1 fully saturated rings. The largest absolute Gasteiger partial charge is 0.314 e. The van der Waals surface area contributed by atoms with Crippen molar-refractivity contribution in [1.29, 1.82) is 0 Å². The van der Waals surface area contributed by atoms with Gasteiger partial charge in [-0.2, -0.15) is 0 Å². The summed E-state index contributed by atoms with van der Waals surface area (Å²) in [5, 5.41) is 3.45. The summed E-state index contributed by atoms with van der Waals surface area (Å²) in [4.78, 5) is 4.18. The van der Waals surface area contributed by atoms with Gasteiger partial charge in [0.1, 0.15) is 0 Å². The summed E-state index contributed by atoms with van der Waals surface area (Å²) in [5.74, 6) is 0.716. The summed E-state index contributed by atoms with van der Waals surface area (Å²) in [7, 11) is 0. The molecule has 2 nitrogen and oxygen atoms in total. The van der Waals surface area contributed by atoms with Gasteiger partial charge in [-0.25, -0.2) is 0 Å². The lowest BCUT2D eigenvalue weighted by atomic mass is 9.95. The lowest BCUT2D eigenvalue weighted by Gasteiger charge is -2.37. The van der Waals surface area contributed by atoms with E-state index in [0.717, 1.165) is 13.1 Å². The van der Waals surface area contributed by atoms with E-state index in [1.165, 1.54) is 33.7 Å². The molecule has 2 rings (SSSR count). The zero-order valence-electron chi connectivity index (χ0n) is 11.5. The van der Waals surface area contributed by atoms with E-state index in [2.05, 4.69) is 53.0 Å². The molecule has 102 valence electrons. The molecule has 1 aliphatic heterocycles. The molecule has 0 radical (unpaired) electrons. The Balaban J connectivity index is 2.23. The van der Waals surface area contributed by atoms with E-state index < -0.39 is 0 Å². The number of nitrogens with one attached hydrogen (secondary N) is 1. The van der Waals surface area contributed by atoms with Crippen molar-refractivity contribution < 1.29 is 0 Å². The molecule has 1 unspecified atom stereocenters. The standard InChI is InChI=1S/C14H23BrN2S/c1-4-10(2)13(17-7-5-16-6-8-17)12-9-11(3)14(15)18-12/h9-10,13,16H,4-8H2,1-3H3/t10?,13-/m0/s1. The van der Waals surface area contributed by atoms with Crippen LogP contribution in [0, 0.1) is 12.8 Å². The van der Waals surface area contributed by atoms with Crippen LogP contribution in [-0.4, -0.2) is 31.1 Å². The molecule has 18 heavy (non-hydrogen) atoms. The van der Waals surface area contributed by atoms with Gasteiger partial charge in [-0.1, -0.05) is 20.3 Å². The van der Waals surface area contributed by atoms with Gasteiger partial charge in [0.2, 0.25) is 0 Å². The first-order valence-corrected chi connectivity index (χ1v) is 8.45. The van der Waals surface area contributed by atoms with Crippen LogP contribution in [0.25, 0.3) is 0 Å². The van der Waals surface area contributed by atoms with Crippen LogP contribution >= 0.6 is 27.3 Å². The highest BCUT2D eigenvalue weighted by Crippen LogP contribution is 2.38. The maximum atomic E-state index is 3.67. The van der Waals surface area contributed by atoms with Crippen LogP contribution < -0.4 is 5.32 Å². The predicted octanol–water partition coefficient (Wildman–Crippen LogP) is 3.81. The minimum atomic E-state index is 0.590. The smallest absolute Gasteiger partial charge is 0.0731 e. The average molecular weight is 331 g/mol. The van der Waals surface area contributed by atoms with E-state index in [9.17, 15) is 0 Å². The van der Waals surface area contributed by atoms with Gasteiger partial charge in [0.15, 0.2) is 0 Å². The molecule has 0 spiro atoms. The van der Waals surface area contributed by atoms with E-state index in [4.69, 9.17) is 0 Å². The zero-order chi connectivity index (χ0) is 13.1. The monoisotopic (exact) mass is 330 g/mol. The van der Waals surface area contributed by atoms with E-state index in [-0.39, 0.29) is 0 Å². The molecule has 4 heteroatoms. The number of nitrogens with zero attached hydrogens (tertiary/aromatic N) is 1. The highest BCUT2D eigenvalue weighted by molar-refractivity contribution is 9.11. The molecular weight excluding hydrogens is 308 g/mol. The number of hydrogen-bond acceptors (Lipinski definition) is 3. The van der Waals surface area contributed by atoms with E-state index in [0.29, 0.717) is 12.0 Å². The molecule has 0 bridgehead atoms. The van der Waals surface area contributed by atoms with Crippen LogP contribution in [0.15, 0.2) is 9.85 Å². The Kier molecular flexibility index (Phi) is 5.24. The third-order valence-electron chi connectivity index (χ3n) is 3.90. The third kappa shape index (κ3) is 3.16. The first kappa shape index (κ1) is 14.5. The minimum absolute atomic E-state index is 0.590. The van der Waals surface area contributed by atoms with Gasteiger partial charge in [0.25, 0.3) is 0 Å². The van der Waals surface area contributed by atoms with Crippen LogP contribution in [0.5, 0.6) is 0 Å². The Hall–Kier alpha value is 0.1000. The Morgan fingerprint density at radius 3 is 2.61 bits per heavy atom. The van der Waals surface area contributed by atoms with Crippen LogP contribution in [0.1, 0.15) is 36.8 Å². The Morgan fingerprint density at radius 2 is 2.11 bits per heavy atom. The second kappa shape index (κ2) is 6.51.